The molecule has 0 unspecified atom stereocenters. The summed E-state index contributed by atoms with van der Waals surface area (Å²) in [7, 11) is -4.06. The Hall–Kier alpha value is -2.89. The zero-order valence-electron chi connectivity index (χ0n) is 22.1. The van der Waals surface area contributed by atoms with E-state index in [0.717, 1.165) is 16.6 Å². The molecule has 2 amide bonds. The normalized spacial score (nSPS) is 12.5. The van der Waals surface area contributed by atoms with E-state index < -0.39 is 44.9 Å². The van der Waals surface area contributed by atoms with Gasteiger partial charge in [-0.3, -0.25) is 24.0 Å². The van der Waals surface area contributed by atoms with Crippen LogP contribution in [0.3, 0.4) is 0 Å². The second kappa shape index (κ2) is 12.3. The first kappa shape index (κ1) is 31.3. The number of anilines is 1. The highest BCUT2D eigenvalue weighted by Crippen LogP contribution is 2.29. The highest BCUT2D eigenvalue weighted by molar-refractivity contribution is 7.92. The van der Waals surface area contributed by atoms with Crippen molar-refractivity contribution < 1.29 is 22.9 Å². The molecular weight excluding hydrogens is 555 g/mol. The van der Waals surface area contributed by atoms with Gasteiger partial charge >= 0.3 is 0 Å². The number of sulfonamides is 1. The number of hydrogen-bond donors (Lipinski definition) is 1. The third kappa shape index (κ3) is 8.31. The van der Waals surface area contributed by atoms with Gasteiger partial charge in [0.25, 0.3) is 5.69 Å². The molecule has 10 nitrogen and oxygen atoms in total. The fourth-order valence-electron chi connectivity index (χ4n) is 3.78. The minimum atomic E-state index is -4.06. The lowest BCUT2D eigenvalue weighted by Crippen LogP contribution is -2.55. The standard InChI is InChI=1S/C25H32Cl2N4O6S/c1-7-21(24(33)28-25(3,4)5)29(14-17-9-10-18(26)12-20(17)27)23(32)15-30(38(6,36)37)22-13-19(31(34)35)11-8-16(22)2/h8-13,21H,7,14-15H2,1-6H3,(H,28,33)/t21-/m1/s1. The third-order valence-electron chi connectivity index (χ3n) is 5.59. The number of rotatable bonds is 10. The fraction of sp³-hybridized carbons (Fsp3) is 0.440. The van der Waals surface area contributed by atoms with E-state index in [2.05, 4.69) is 5.32 Å². The largest absolute Gasteiger partial charge is 0.350 e. The molecule has 0 bridgehead atoms. The molecule has 0 aliphatic heterocycles. The van der Waals surface area contributed by atoms with Gasteiger partial charge in [0.1, 0.15) is 12.6 Å². The zero-order chi connectivity index (χ0) is 29.0. The minimum Gasteiger partial charge on any atom is -0.350 e. The Morgan fingerprint density at radius 3 is 2.26 bits per heavy atom. The predicted molar refractivity (Wildman–Crippen MR) is 149 cm³/mol. The predicted octanol–water partition coefficient (Wildman–Crippen LogP) is 4.70. The van der Waals surface area contributed by atoms with Crippen molar-refractivity contribution in [2.24, 2.45) is 0 Å². The average molecular weight is 588 g/mol. The van der Waals surface area contributed by atoms with Gasteiger partial charge in [-0.15, -0.1) is 0 Å². The molecule has 38 heavy (non-hydrogen) atoms. The molecule has 0 spiro atoms. The average Bonchev–Trinajstić information content (AvgIpc) is 2.77. The van der Waals surface area contributed by atoms with Crippen molar-refractivity contribution in [3.63, 3.8) is 0 Å². The third-order valence-corrected chi connectivity index (χ3v) is 7.30. The lowest BCUT2D eigenvalue weighted by molar-refractivity contribution is -0.384. The molecular formula is C25H32Cl2N4O6S. The maximum atomic E-state index is 13.8. The highest BCUT2D eigenvalue weighted by atomic mass is 35.5. The minimum absolute atomic E-state index is 0.00767. The van der Waals surface area contributed by atoms with E-state index in [4.69, 9.17) is 23.2 Å². The SMILES string of the molecule is CC[C@H](C(=O)NC(C)(C)C)N(Cc1ccc(Cl)cc1Cl)C(=O)CN(c1cc([N+](=O)[O-])ccc1C)S(C)(=O)=O. The van der Waals surface area contributed by atoms with Crippen molar-refractivity contribution in [1.82, 2.24) is 10.2 Å². The molecule has 0 saturated heterocycles. The Balaban J connectivity index is 2.58. The second-order valence-electron chi connectivity index (χ2n) is 9.92. The van der Waals surface area contributed by atoms with Gasteiger partial charge in [0.05, 0.1) is 16.9 Å². The number of non-ortho nitro benzene ring substituents is 1. The van der Waals surface area contributed by atoms with Crippen molar-refractivity contribution in [3.8, 4) is 0 Å². The number of nitro benzene ring substituents is 1. The van der Waals surface area contributed by atoms with Crippen molar-refractivity contribution in [1.29, 1.82) is 0 Å². The molecule has 13 heteroatoms. The van der Waals surface area contributed by atoms with Gasteiger partial charge in [0.15, 0.2) is 0 Å². The molecule has 2 rings (SSSR count). The number of hydrogen-bond acceptors (Lipinski definition) is 6. The number of halogens is 2. The summed E-state index contributed by atoms with van der Waals surface area (Å²) in [5.41, 5.74) is -0.00237. The first-order valence-corrected chi connectivity index (χ1v) is 14.3. The molecule has 0 heterocycles. The second-order valence-corrected chi connectivity index (χ2v) is 12.7. The summed E-state index contributed by atoms with van der Waals surface area (Å²) in [5.74, 6) is -1.11. The first-order chi connectivity index (χ1) is 17.4. The van der Waals surface area contributed by atoms with Crippen LogP contribution in [0.2, 0.25) is 10.0 Å². The van der Waals surface area contributed by atoms with E-state index in [9.17, 15) is 28.1 Å². The van der Waals surface area contributed by atoms with Crippen LogP contribution in [0, 0.1) is 17.0 Å². The molecule has 1 N–H and O–H groups in total. The summed E-state index contributed by atoms with van der Waals surface area (Å²) in [6.45, 7) is 7.93. The van der Waals surface area contributed by atoms with E-state index in [0.29, 0.717) is 16.1 Å². The van der Waals surface area contributed by atoms with Crippen LogP contribution in [0.1, 0.15) is 45.2 Å². The van der Waals surface area contributed by atoms with Gasteiger partial charge in [-0.1, -0.05) is 42.3 Å². The number of carbonyl (C=O) groups excluding carboxylic acids is 2. The molecule has 0 aliphatic rings. The smallest absolute Gasteiger partial charge is 0.271 e. The lowest BCUT2D eigenvalue weighted by Gasteiger charge is -2.34. The quantitative estimate of drug-likeness (QED) is 0.317. The van der Waals surface area contributed by atoms with Gasteiger partial charge in [0.2, 0.25) is 21.8 Å². The Labute approximate surface area is 233 Å². The van der Waals surface area contributed by atoms with Crippen molar-refractivity contribution >= 4 is 56.4 Å². The molecule has 0 aromatic heterocycles. The van der Waals surface area contributed by atoms with E-state index in [-0.39, 0.29) is 29.4 Å². The monoisotopic (exact) mass is 586 g/mol. The summed E-state index contributed by atoms with van der Waals surface area (Å²) >= 11 is 12.4. The van der Waals surface area contributed by atoms with E-state index in [1.54, 1.807) is 46.8 Å². The number of aryl methyl sites for hydroxylation is 1. The summed E-state index contributed by atoms with van der Waals surface area (Å²) in [6.07, 6.45) is 1.14. The van der Waals surface area contributed by atoms with Crippen LogP contribution in [-0.4, -0.2) is 54.4 Å². The van der Waals surface area contributed by atoms with E-state index in [1.165, 1.54) is 23.1 Å². The van der Waals surface area contributed by atoms with Gasteiger partial charge in [-0.2, -0.15) is 0 Å². The zero-order valence-corrected chi connectivity index (χ0v) is 24.4. The van der Waals surface area contributed by atoms with Gasteiger partial charge in [-0.25, -0.2) is 8.42 Å². The van der Waals surface area contributed by atoms with Crippen molar-refractivity contribution in [2.45, 2.75) is 59.2 Å². The number of benzene rings is 2. The Morgan fingerprint density at radius 1 is 1.13 bits per heavy atom. The van der Waals surface area contributed by atoms with Crippen LogP contribution < -0.4 is 9.62 Å². The van der Waals surface area contributed by atoms with Gasteiger partial charge < -0.3 is 10.2 Å². The molecule has 1 atom stereocenters. The molecule has 0 fully saturated rings. The number of nitrogens with one attached hydrogen (secondary N) is 1. The van der Waals surface area contributed by atoms with Crippen LogP contribution in [0.15, 0.2) is 36.4 Å². The van der Waals surface area contributed by atoms with Crippen LogP contribution in [0.4, 0.5) is 11.4 Å². The van der Waals surface area contributed by atoms with E-state index in [1.807, 2.05) is 0 Å². The van der Waals surface area contributed by atoms with Crippen LogP contribution in [0.25, 0.3) is 0 Å². The molecule has 2 aromatic carbocycles. The van der Waals surface area contributed by atoms with Gasteiger partial charge in [0, 0.05) is 34.3 Å². The first-order valence-electron chi connectivity index (χ1n) is 11.7. The topological polar surface area (TPSA) is 130 Å². The Morgan fingerprint density at radius 2 is 1.76 bits per heavy atom. The van der Waals surface area contributed by atoms with Crippen molar-refractivity contribution in [3.05, 3.63) is 67.7 Å². The molecule has 208 valence electrons. The molecule has 0 aliphatic carbocycles. The Kier molecular flexibility index (Phi) is 10.2. The van der Waals surface area contributed by atoms with Crippen LogP contribution in [0.5, 0.6) is 0 Å². The van der Waals surface area contributed by atoms with Crippen LogP contribution >= 0.6 is 23.2 Å². The number of amides is 2. The molecule has 0 radical (unpaired) electrons. The van der Waals surface area contributed by atoms with E-state index >= 15 is 0 Å². The molecule has 0 saturated carbocycles. The number of nitro groups is 1. The summed E-state index contributed by atoms with van der Waals surface area (Å²) in [6, 6.07) is 7.53. The maximum Gasteiger partial charge on any atom is 0.271 e. The number of nitrogens with zero attached hydrogens (tertiary/aromatic N) is 3. The Bertz CT molecular complexity index is 1330. The summed E-state index contributed by atoms with van der Waals surface area (Å²) in [5, 5.41) is 14.9. The molecule has 2 aromatic rings. The van der Waals surface area contributed by atoms with Crippen LogP contribution in [-0.2, 0) is 26.2 Å². The number of carbonyl (C=O) groups is 2. The summed E-state index contributed by atoms with van der Waals surface area (Å²) in [4.78, 5) is 39.0. The lowest BCUT2D eigenvalue weighted by atomic mass is 10.1. The van der Waals surface area contributed by atoms with Crippen molar-refractivity contribution in [2.75, 3.05) is 17.1 Å². The maximum absolute atomic E-state index is 13.8. The fourth-order valence-corrected chi connectivity index (χ4v) is 5.15. The van der Waals surface area contributed by atoms with Gasteiger partial charge in [-0.05, 0) is 57.4 Å². The summed E-state index contributed by atoms with van der Waals surface area (Å²) < 4.78 is 26.4. The highest BCUT2D eigenvalue weighted by Gasteiger charge is 2.34.